The molecule has 0 saturated carbocycles. The molecule has 2 heterocycles. The number of esters is 1. The van der Waals surface area contributed by atoms with Crippen molar-refractivity contribution in [3.05, 3.63) is 106 Å². The van der Waals surface area contributed by atoms with E-state index in [0.29, 0.717) is 37.1 Å². The number of aromatic nitrogens is 2. The van der Waals surface area contributed by atoms with Crippen LogP contribution in [-0.4, -0.2) is 58.4 Å². The molecule has 0 aliphatic carbocycles. The average Bonchev–Trinajstić information content (AvgIpc) is 3.05. The quantitative estimate of drug-likeness (QED) is 0.276. The van der Waals surface area contributed by atoms with E-state index in [2.05, 4.69) is 15.2 Å². The molecule has 0 spiro atoms. The van der Waals surface area contributed by atoms with E-state index in [4.69, 9.17) is 4.74 Å². The summed E-state index contributed by atoms with van der Waals surface area (Å²) >= 11 is 0. The van der Waals surface area contributed by atoms with Crippen LogP contribution in [0.2, 0.25) is 0 Å². The molecule has 46 heavy (non-hydrogen) atoms. The van der Waals surface area contributed by atoms with E-state index >= 15 is 0 Å². The third-order valence-electron chi connectivity index (χ3n) is 7.80. The summed E-state index contributed by atoms with van der Waals surface area (Å²) in [6.07, 6.45) is -3.66. The van der Waals surface area contributed by atoms with Gasteiger partial charge in [-0.3, -0.25) is 23.7 Å². The van der Waals surface area contributed by atoms with Gasteiger partial charge in [-0.2, -0.15) is 13.2 Å². The van der Waals surface area contributed by atoms with Gasteiger partial charge in [0.2, 0.25) is 11.8 Å². The van der Waals surface area contributed by atoms with Gasteiger partial charge in [-0.1, -0.05) is 42.5 Å². The van der Waals surface area contributed by atoms with Gasteiger partial charge in [-0.15, -0.1) is 0 Å². The zero-order valence-electron chi connectivity index (χ0n) is 25.0. The summed E-state index contributed by atoms with van der Waals surface area (Å²) in [5, 5.41) is 2.97. The first-order chi connectivity index (χ1) is 22.0. The molecule has 1 aliphatic rings. The van der Waals surface area contributed by atoms with Gasteiger partial charge in [0.15, 0.2) is 0 Å². The number of nitrogens with zero attached hydrogens (tertiary/aromatic N) is 4. The number of amides is 2. The van der Waals surface area contributed by atoms with E-state index in [9.17, 15) is 32.3 Å². The molecule has 0 bridgehead atoms. The van der Waals surface area contributed by atoms with E-state index in [1.54, 1.807) is 41.3 Å². The lowest BCUT2D eigenvalue weighted by Crippen LogP contribution is -2.48. The van der Waals surface area contributed by atoms with E-state index in [0.717, 1.165) is 28.0 Å². The minimum absolute atomic E-state index is 0.00756. The molecule has 0 unspecified atom stereocenters. The number of halogens is 3. The Morgan fingerprint density at radius 3 is 2.30 bits per heavy atom. The third kappa shape index (κ3) is 7.89. The van der Waals surface area contributed by atoms with Crippen molar-refractivity contribution in [2.45, 2.75) is 38.7 Å². The number of rotatable bonds is 9. The Labute approximate surface area is 262 Å². The summed E-state index contributed by atoms with van der Waals surface area (Å²) in [7, 11) is 0. The van der Waals surface area contributed by atoms with Crippen molar-refractivity contribution in [3.8, 4) is 0 Å². The van der Waals surface area contributed by atoms with Crippen molar-refractivity contribution in [2.24, 2.45) is 0 Å². The maximum atomic E-state index is 13.4. The molecule has 0 radical (unpaired) electrons. The Hall–Kier alpha value is -5.20. The highest BCUT2D eigenvalue weighted by atomic mass is 19.4. The molecule has 4 aromatic rings. The zero-order chi connectivity index (χ0) is 32.8. The van der Waals surface area contributed by atoms with Crippen LogP contribution in [0.25, 0.3) is 10.9 Å². The molecule has 5 rings (SSSR count). The first-order valence-corrected chi connectivity index (χ1v) is 14.6. The van der Waals surface area contributed by atoms with Crippen molar-refractivity contribution in [1.29, 1.82) is 0 Å². The van der Waals surface area contributed by atoms with Crippen LogP contribution >= 0.6 is 0 Å². The highest BCUT2D eigenvalue weighted by Gasteiger charge is 2.31. The molecule has 2 amide bonds. The maximum absolute atomic E-state index is 13.4. The van der Waals surface area contributed by atoms with Gasteiger partial charge in [-0.05, 0) is 41.5 Å². The predicted octanol–water partition coefficient (Wildman–Crippen LogP) is 4.07. The molecule has 1 aromatic heterocycles. The van der Waals surface area contributed by atoms with Gasteiger partial charge < -0.3 is 19.9 Å². The molecule has 1 N–H and O–H groups in total. The molecular formula is C33H32F3N5O5. The number of hydrogen-bond donors (Lipinski definition) is 1. The lowest BCUT2D eigenvalue weighted by atomic mass is 10.0. The largest absolute Gasteiger partial charge is 0.461 e. The first-order valence-electron chi connectivity index (χ1n) is 14.6. The SMILES string of the molecule is CC(=O)N1CCN(c2ccc3ncn(CC(=O)N[C@H](CC(=O)OCc4ccccc4)c4ccc(C(F)(F)F)cc4)c(=O)c3c2)CC1. The van der Waals surface area contributed by atoms with Crippen LogP contribution in [0, 0.1) is 0 Å². The van der Waals surface area contributed by atoms with E-state index < -0.39 is 41.8 Å². The second-order valence-corrected chi connectivity index (χ2v) is 11.0. The van der Waals surface area contributed by atoms with Crippen LogP contribution in [-0.2, 0) is 38.4 Å². The summed E-state index contributed by atoms with van der Waals surface area (Å²) in [5.74, 6) is -1.32. The van der Waals surface area contributed by atoms with Crippen LogP contribution in [0.1, 0.15) is 36.1 Å². The van der Waals surface area contributed by atoms with Gasteiger partial charge in [0, 0.05) is 38.8 Å². The van der Waals surface area contributed by atoms with Gasteiger partial charge >= 0.3 is 12.1 Å². The smallest absolute Gasteiger partial charge is 0.416 e. The van der Waals surface area contributed by atoms with Crippen molar-refractivity contribution in [3.63, 3.8) is 0 Å². The number of hydrogen-bond acceptors (Lipinski definition) is 7. The summed E-state index contributed by atoms with van der Waals surface area (Å²) < 4.78 is 46.0. The number of fused-ring (bicyclic) bond motifs is 1. The normalized spacial score (nSPS) is 14.2. The van der Waals surface area contributed by atoms with E-state index in [-0.39, 0.29) is 24.5 Å². The second-order valence-electron chi connectivity index (χ2n) is 11.0. The minimum Gasteiger partial charge on any atom is -0.461 e. The Balaban J connectivity index is 1.31. The fourth-order valence-electron chi connectivity index (χ4n) is 5.25. The Morgan fingerprint density at radius 2 is 1.65 bits per heavy atom. The lowest BCUT2D eigenvalue weighted by molar-refractivity contribution is -0.146. The molecule has 10 nitrogen and oxygen atoms in total. The zero-order valence-corrected chi connectivity index (χ0v) is 25.0. The first kappa shape index (κ1) is 32.2. The van der Waals surface area contributed by atoms with Crippen LogP contribution < -0.4 is 15.8 Å². The Morgan fingerprint density at radius 1 is 0.957 bits per heavy atom. The Bertz CT molecular complexity index is 1770. The monoisotopic (exact) mass is 635 g/mol. The fourth-order valence-corrected chi connectivity index (χ4v) is 5.25. The van der Waals surface area contributed by atoms with Crippen molar-refractivity contribution in [2.75, 3.05) is 31.1 Å². The molecule has 1 atom stereocenters. The number of ether oxygens (including phenoxy) is 1. The van der Waals surface area contributed by atoms with Crippen LogP contribution in [0.5, 0.6) is 0 Å². The van der Waals surface area contributed by atoms with Gasteiger partial charge in [0.1, 0.15) is 13.2 Å². The van der Waals surface area contributed by atoms with Gasteiger partial charge in [0.25, 0.3) is 5.56 Å². The standard InChI is InChI=1S/C33H32F3N5O5/c1-22(42)39-13-15-40(16-14-39)26-11-12-28-27(17-26)32(45)41(21-37-28)19-30(43)38-29(24-7-9-25(10-8-24)33(34,35)36)18-31(44)46-20-23-5-3-2-4-6-23/h2-12,17,21,29H,13-16,18-20H2,1H3,(H,38,43)/t29-/m1/s1. The van der Waals surface area contributed by atoms with E-state index in [1.807, 2.05) is 12.1 Å². The number of piperazine rings is 1. The summed E-state index contributed by atoms with van der Waals surface area (Å²) in [5.41, 5.74) is 0.900. The number of alkyl halides is 3. The van der Waals surface area contributed by atoms with E-state index in [1.165, 1.54) is 25.4 Å². The molecule has 1 saturated heterocycles. The van der Waals surface area contributed by atoms with Crippen LogP contribution in [0.4, 0.5) is 18.9 Å². The van der Waals surface area contributed by atoms with Gasteiger partial charge in [-0.25, -0.2) is 4.98 Å². The van der Waals surface area contributed by atoms with Crippen LogP contribution in [0.3, 0.4) is 0 Å². The summed E-state index contributed by atoms with van der Waals surface area (Å²) in [4.78, 5) is 59.2. The number of anilines is 1. The maximum Gasteiger partial charge on any atom is 0.416 e. The number of nitrogens with one attached hydrogen (secondary N) is 1. The minimum atomic E-state index is -4.56. The molecule has 1 aliphatic heterocycles. The summed E-state index contributed by atoms with van der Waals surface area (Å²) in [6.45, 7) is 3.39. The van der Waals surface area contributed by atoms with Crippen molar-refractivity contribution in [1.82, 2.24) is 19.8 Å². The highest BCUT2D eigenvalue weighted by molar-refractivity contribution is 5.83. The van der Waals surface area contributed by atoms with Crippen molar-refractivity contribution >= 4 is 34.4 Å². The lowest BCUT2D eigenvalue weighted by Gasteiger charge is -2.35. The average molecular weight is 636 g/mol. The molecule has 3 aromatic carbocycles. The highest BCUT2D eigenvalue weighted by Crippen LogP contribution is 2.30. The molecule has 13 heteroatoms. The number of benzene rings is 3. The fraction of sp³-hybridized carbons (Fsp3) is 0.303. The molecule has 240 valence electrons. The van der Waals surface area contributed by atoms with Crippen molar-refractivity contribution < 1.29 is 32.3 Å². The Kier molecular flexibility index (Phi) is 9.69. The number of carbonyl (C=O) groups is 3. The third-order valence-corrected chi connectivity index (χ3v) is 7.80. The predicted molar refractivity (Wildman–Crippen MR) is 164 cm³/mol. The summed E-state index contributed by atoms with van der Waals surface area (Å²) in [6, 6.07) is 17.3. The van der Waals surface area contributed by atoms with Crippen LogP contribution in [0.15, 0.2) is 83.9 Å². The topological polar surface area (TPSA) is 114 Å². The molecular weight excluding hydrogens is 603 g/mol. The number of carbonyl (C=O) groups excluding carboxylic acids is 3. The second kappa shape index (κ2) is 13.8. The van der Waals surface area contributed by atoms with Gasteiger partial charge in [0.05, 0.1) is 35.3 Å². The molecule has 1 fully saturated rings.